The van der Waals surface area contributed by atoms with Gasteiger partial charge < -0.3 is 4.74 Å². The lowest BCUT2D eigenvalue weighted by molar-refractivity contribution is -0.139. The van der Waals surface area contributed by atoms with Gasteiger partial charge >= 0.3 is 0 Å². The van der Waals surface area contributed by atoms with Crippen molar-refractivity contribution in [3.63, 3.8) is 0 Å². The van der Waals surface area contributed by atoms with E-state index in [2.05, 4.69) is 0 Å². The molecule has 0 spiro atoms. The molecule has 2 unspecified atom stereocenters. The summed E-state index contributed by atoms with van der Waals surface area (Å²) in [7, 11) is 0. The fourth-order valence-electron chi connectivity index (χ4n) is 5.07. The van der Waals surface area contributed by atoms with Crippen LogP contribution in [0.5, 0.6) is 5.75 Å². The molecule has 3 aromatic carbocycles. The number of nitrogens with one attached hydrogen (secondary N) is 1. The number of nitrogens with zero attached hydrogens (tertiary/aromatic N) is 1. The van der Waals surface area contributed by atoms with Gasteiger partial charge in [-0.05, 0) is 47.6 Å². The molecule has 0 saturated carbocycles. The minimum atomic E-state index is -0.594. The summed E-state index contributed by atoms with van der Waals surface area (Å²) < 4.78 is 6.15. The van der Waals surface area contributed by atoms with Gasteiger partial charge in [0.15, 0.2) is 0 Å². The van der Waals surface area contributed by atoms with Crippen molar-refractivity contribution in [3.05, 3.63) is 95.6 Å². The molecule has 0 radical (unpaired) electrons. The number of hydrogen-bond acceptors (Lipinski definition) is 5. The van der Waals surface area contributed by atoms with Crippen molar-refractivity contribution in [2.75, 3.05) is 13.2 Å². The standard InChI is InChI=1S/C30H28N2O5/c33-28(31-36)23-14-12-20(13-15-23)18-21(19-32-29(34)25-9-3-4-10-26(25)30(32)35)16-17-37-27-11-5-7-22-6-1-2-8-24(22)27/h1-8,11-15,18,25-26,36H,9-10,16-17,19H2,(H,31,33)/b21-18-. The highest BCUT2D eigenvalue weighted by Gasteiger charge is 2.47. The molecule has 0 aromatic heterocycles. The molecule has 1 aliphatic heterocycles. The number of benzene rings is 3. The van der Waals surface area contributed by atoms with Crippen molar-refractivity contribution in [3.8, 4) is 5.75 Å². The Balaban J connectivity index is 1.36. The topological polar surface area (TPSA) is 95.9 Å². The lowest BCUT2D eigenvalue weighted by Gasteiger charge is -2.18. The number of imide groups is 1. The van der Waals surface area contributed by atoms with Gasteiger partial charge in [0, 0.05) is 17.4 Å². The molecular formula is C30H28N2O5. The van der Waals surface area contributed by atoms with Gasteiger partial charge in [-0.1, -0.05) is 66.8 Å². The Morgan fingerprint density at radius 2 is 1.62 bits per heavy atom. The van der Waals surface area contributed by atoms with Gasteiger partial charge in [0.2, 0.25) is 11.8 Å². The van der Waals surface area contributed by atoms with Crippen LogP contribution in [-0.2, 0) is 9.59 Å². The number of carbonyl (C=O) groups excluding carboxylic acids is 3. The Labute approximate surface area is 215 Å². The molecule has 1 saturated heterocycles. The number of rotatable bonds is 8. The molecule has 3 aromatic rings. The molecule has 5 rings (SSSR count). The Bertz CT molecular complexity index is 1360. The minimum absolute atomic E-state index is 0.116. The van der Waals surface area contributed by atoms with E-state index in [1.165, 1.54) is 4.90 Å². The van der Waals surface area contributed by atoms with E-state index in [1.807, 2.05) is 60.7 Å². The maximum Gasteiger partial charge on any atom is 0.274 e. The number of amides is 3. The monoisotopic (exact) mass is 496 g/mol. The van der Waals surface area contributed by atoms with E-state index < -0.39 is 5.91 Å². The van der Waals surface area contributed by atoms with Crippen molar-refractivity contribution < 1.29 is 24.3 Å². The van der Waals surface area contributed by atoms with Crippen molar-refractivity contribution in [2.24, 2.45) is 11.8 Å². The SMILES string of the molecule is O=C(NO)c1ccc(/C=C(/CCOc2cccc3ccccc23)CN2C(=O)C3CC=CCC3C2=O)cc1. The molecule has 2 aliphatic rings. The molecule has 3 amide bonds. The van der Waals surface area contributed by atoms with Gasteiger partial charge in [0.05, 0.1) is 25.0 Å². The van der Waals surface area contributed by atoms with Gasteiger partial charge in [0.1, 0.15) is 5.75 Å². The molecule has 7 nitrogen and oxygen atoms in total. The molecule has 37 heavy (non-hydrogen) atoms. The fourth-order valence-corrected chi connectivity index (χ4v) is 5.07. The average molecular weight is 497 g/mol. The van der Waals surface area contributed by atoms with Crippen LogP contribution >= 0.6 is 0 Å². The Morgan fingerprint density at radius 1 is 0.946 bits per heavy atom. The predicted molar refractivity (Wildman–Crippen MR) is 140 cm³/mol. The van der Waals surface area contributed by atoms with E-state index in [0.29, 0.717) is 31.4 Å². The molecule has 0 bridgehead atoms. The lowest BCUT2D eigenvalue weighted by atomic mass is 9.85. The highest BCUT2D eigenvalue weighted by molar-refractivity contribution is 6.05. The van der Waals surface area contributed by atoms with Crippen molar-refractivity contribution in [1.29, 1.82) is 0 Å². The summed E-state index contributed by atoms with van der Waals surface area (Å²) in [5.41, 5.74) is 3.62. The smallest absolute Gasteiger partial charge is 0.274 e. The Kier molecular flexibility index (Phi) is 7.14. The third kappa shape index (κ3) is 5.17. The molecule has 1 aliphatic carbocycles. The number of hydrogen-bond donors (Lipinski definition) is 2. The number of ether oxygens (including phenoxy) is 1. The lowest BCUT2D eigenvalue weighted by Crippen LogP contribution is -2.33. The second-order valence-electron chi connectivity index (χ2n) is 9.36. The fraction of sp³-hybridized carbons (Fsp3) is 0.233. The largest absolute Gasteiger partial charge is 0.493 e. The third-order valence-electron chi connectivity index (χ3n) is 7.04. The van der Waals surface area contributed by atoms with Crippen LogP contribution in [0.25, 0.3) is 16.8 Å². The summed E-state index contributed by atoms with van der Waals surface area (Å²) >= 11 is 0. The third-order valence-corrected chi connectivity index (χ3v) is 7.04. The summed E-state index contributed by atoms with van der Waals surface area (Å²) in [6.07, 6.45) is 7.59. The summed E-state index contributed by atoms with van der Waals surface area (Å²) in [4.78, 5) is 39.2. The van der Waals surface area contributed by atoms with E-state index in [0.717, 1.165) is 27.7 Å². The quantitative estimate of drug-likeness (QED) is 0.203. The summed E-state index contributed by atoms with van der Waals surface area (Å²) in [6.45, 7) is 0.567. The number of allylic oxidation sites excluding steroid dienone is 2. The molecule has 2 N–H and O–H groups in total. The van der Waals surface area contributed by atoms with Crippen molar-refractivity contribution >= 4 is 34.6 Å². The predicted octanol–water partition coefficient (Wildman–Crippen LogP) is 4.76. The van der Waals surface area contributed by atoms with E-state index in [-0.39, 0.29) is 30.2 Å². The van der Waals surface area contributed by atoms with Crippen LogP contribution in [0.15, 0.2) is 84.5 Å². The summed E-state index contributed by atoms with van der Waals surface area (Å²) in [5, 5.41) is 11.0. The number of likely N-dealkylation sites (tertiary alicyclic amines) is 1. The normalized spacial score (nSPS) is 19.3. The first-order valence-electron chi connectivity index (χ1n) is 12.4. The van der Waals surface area contributed by atoms with Crippen LogP contribution in [0.2, 0.25) is 0 Å². The van der Waals surface area contributed by atoms with Crippen molar-refractivity contribution in [1.82, 2.24) is 10.4 Å². The zero-order chi connectivity index (χ0) is 25.8. The van der Waals surface area contributed by atoms with Crippen molar-refractivity contribution in [2.45, 2.75) is 19.3 Å². The van der Waals surface area contributed by atoms with Gasteiger partial charge in [-0.25, -0.2) is 5.48 Å². The van der Waals surface area contributed by atoms with Crippen LogP contribution in [-0.4, -0.2) is 41.0 Å². The van der Waals surface area contributed by atoms with E-state index in [9.17, 15) is 14.4 Å². The first-order valence-corrected chi connectivity index (χ1v) is 12.4. The van der Waals surface area contributed by atoms with E-state index in [1.54, 1.807) is 29.7 Å². The van der Waals surface area contributed by atoms with E-state index >= 15 is 0 Å². The number of carbonyl (C=O) groups is 3. The average Bonchev–Trinajstić information content (AvgIpc) is 3.18. The molecule has 1 heterocycles. The van der Waals surface area contributed by atoms with Crippen LogP contribution in [0.3, 0.4) is 0 Å². The summed E-state index contributed by atoms with van der Waals surface area (Å²) in [5.74, 6) is -0.597. The second-order valence-corrected chi connectivity index (χ2v) is 9.36. The molecular weight excluding hydrogens is 468 g/mol. The molecule has 188 valence electrons. The number of hydroxylamine groups is 1. The van der Waals surface area contributed by atoms with Crippen LogP contribution in [0.1, 0.15) is 35.2 Å². The number of fused-ring (bicyclic) bond motifs is 2. The van der Waals surface area contributed by atoms with Crippen LogP contribution in [0.4, 0.5) is 0 Å². The van der Waals surface area contributed by atoms with Gasteiger partial charge in [-0.2, -0.15) is 0 Å². The first kappa shape index (κ1) is 24.5. The highest BCUT2D eigenvalue weighted by Crippen LogP contribution is 2.35. The van der Waals surface area contributed by atoms with E-state index in [4.69, 9.17) is 9.94 Å². The van der Waals surface area contributed by atoms with Crippen LogP contribution < -0.4 is 10.2 Å². The van der Waals surface area contributed by atoms with Gasteiger partial charge in [0.25, 0.3) is 5.91 Å². The Morgan fingerprint density at radius 3 is 2.32 bits per heavy atom. The van der Waals surface area contributed by atoms with Crippen LogP contribution in [0, 0.1) is 11.8 Å². The minimum Gasteiger partial charge on any atom is -0.493 e. The highest BCUT2D eigenvalue weighted by atomic mass is 16.5. The molecule has 1 fully saturated rings. The molecule has 2 atom stereocenters. The zero-order valence-corrected chi connectivity index (χ0v) is 20.3. The maximum absolute atomic E-state index is 13.1. The zero-order valence-electron chi connectivity index (χ0n) is 20.3. The summed E-state index contributed by atoms with van der Waals surface area (Å²) in [6, 6.07) is 20.7. The second kappa shape index (κ2) is 10.8. The first-order chi connectivity index (χ1) is 18.0. The van der Waals surface area contributed by atoms with Gasteiger partial charge in [-0.3, -0.25) is 24.5 Å². The molecule has 7 heteroatoms. The Hall–Kier alpha value is -4.23. The maximum atomic E-state index is 13.1. The van der Waals surface area contributed by atoms with Gasteiger partial charge in [-0.15, -0.1) is 0 Å².